The van der Waals surface area contributed by atoms with Crippen LogP contribution in [0.4, 0.5) is 0 Å². The number of hydrogen-bond acceptors (Lipinski definition) is 2. The third kappa shape index (κ3) is 5.67. The fraction of sp³-hybridized carbons (Fsp3) is 0.800. The SMILES string of the molecule is CC(C)C(CCN)CCC(=O)NC1CC=CCC1. The van der Waals surface area contributed by atoms with Crippen LogP contribution in [0.25, 0.3) is 0 Å². The molecular formula is C15H28N2O. The molecule has 104 valence electrons. The summed E-state index contributed by atoms with van der Waals surface area (Å²) in [6.07, 6.45) is 10.1. The highest BCUT2D eigenvalue weighted by Crippen LogP contribution is 2.20. The van der Waals surface area contributed by atoms with E-state index in [2.05, 4.69) is 31.3 Å². The molecular weight excluding hydrogens is 224 g/mol. The minimum absolute atomic E-state index is 0.206. The zero-order valence-electron chi connectivity index (χ0n) is 11.8. The van der Waals surface area contributed by atoms with Crippen molar-refractivity contribution >= 4 is 5.91 Å². The summed E-state index contributed by atoms with van der Waals surface area (Å²) in [5, 5.41) is 3.13. The second kappa shape index (κ2) is 8.30. The van der Waals surface area contributed by atoms with Crippen molar-refractivity contribution in [2.45, 2.75) is 58.4 Å². The molecule has 3 heteroatoms. The summed E-state index contributed by atoms with van der Waals surface area (Å²) in [5.41, 5.74) is 5.61. The molecule has 0 fully saturated rings. The monoisotopic (exact) mass is 252 g/mol. The van der Waals surface area contributed by atoms with E-state index >= 15 is 0 Å². The minimum Gasteiger partial charge on any atom is -0.353 e. The summed E-state index contributed by atoms with van der Waals surface area (Å²) in [7, 11) is 0. The fourth-order valence-electron chi connectivity index (χ4n) is 2.57. The van der Waals surface area contributed by atoms with Crippen molar-refractivity contribution in [2.75, 3.05) is 6.54 Å². The molecule has 18 heavy (non-hydrogen) atoms. The van der Waals surface area contributed by atoms with Gasteiger partial charge >= 0.3 is 0 Å². The molecule has 3 nitrogen and oxygen atoms in total. The molecule has 0 saturated heterocycles. The van der Waals surface area contributed by atoms with Gasteiger partial charge < -0.3 is 11.1 Å². The summed E-state index contributed by atoms with van der Waals surface area (Å²) in [5.74, 6) is 1.39. The van der Waals surface area contributed by atoms with Crippen molar-refractivity contribution in [3.8, 4) is 0 Å². The van der Waals surface area contributed by atoms with Gasteiger partial charge in [0.2, 0.25) is 5.91 Å². The Labute approximate surface area is 111 Å². The Morgan fingerprint density at radius 1 is 1.39 bits per heavy atom. The highest BCUT2D eigenvalue weighted by Gasteiger charge is 2.16. The van der Waals surface area contributed by atoms with Crippen LogP contribution in [0, 0.1) is 11.8 Å². The Bertz CT molecular complexity index is 274. The molecule has 1 aliphatic rings. The van der Waals surface area contributed by atoms with E-state index in [1.807, 2.05) is 0 Å². The molecule has 3 N–H and O–H groups in total. The molecule has 2 atom stereocenters. The van der Waals surface area contributed by atoms with Crippen LogP contribution < -0.4 is 11.1 Å². The van der Waals surface area contributed by atoms with Gasteiger partial charge in [0.25, 0.3) is 0 Å². The van der Waals surface area contributed by atoms with E-state index in [-0.39, 0.29) is 5.91 Å². The molecule has 0 heterocycles. The Morgan fingerprint density at radius 3 is 2.72 bits per heavy atom. The fourth-order valence-corrected chi connectivity index (χ4v) is 2.57. The van der Waals surface area contributed by atoms with E-state index in [4.69, 9.17) is 5.73 Å². The molecule has 0 aromatic rings. The van der Waals surface area contributed by atoms with Gasteiger partial charge in [-0.1, -0.05) is 26.0 Å². The van der Waals surface area contributed by atoms with E-state index in [0.29, 0.717) is 24.3 Å². The van der Waals surface area contributed by atoms with Crippen LogP contribution >= 0.6 is 0 Å². The minimum atomic E-state index is 0.206. The standard InChI is InChI=1S/C15H28N2O/c1-12(2)13(10-11-16)8-9-15(18)17-14-6-4-3-5-7-14/h3-4,12-14H,5-11,16H2,1-2H3,(H,17,18). The summed E-state index contributed by atoms with van der Waals surface area (Å²) in [6.45, 7) is 5.15. The van der Waals surface area contributed by atoms with E-state index < -0.39 is 0 Å². The van der Waals surface area contributed by atoms with Gasteiger partial charge in [0, 0.05) is 12.5 Å². The second-order valence-corrected chi connectivity index (χ2v) is 5.67. The number of carbonyl (C=O) groups excluding carboxylic acids is 1. The molecule has 0 aliphatic heterocycles. The number of carbonyl (C=O) groups is 1. The maximum Gasteiger partial charge on any atom is 0.220 e. The van der Waals surface area contributed by atoms with Crippen molar-refractivity contribution in [1.29, 1.82) is 0 Å². The molecule has 0 bridgehead atoms. The van der Waals surface area contributed by atoms with Crippen LogP contribution in [-0.4, -0.2) is 18.5 Å². The van der Waals surface area contributed by atoms with Crippen molar-refractivity contribution in [3.63, 3.8) is 0 Å². The van der Waals surface area contributed by atoms with Crippen LogP contribution in [-0.2, 0) is 4.79 Å². The smallest absolute Gasteiger partial charge is 0.220 e. The van der Waals surface area contributed by atoms with E-state index in [1.165, 1.54) is 0 Å². The van der Waals surface area contributed by atoms with Crippen LogP contribution in [0.1, 0.15) is 52.4 Å². The zero-order chi connectivity index (χ0) is 13.4. The average molecular weight is 252 g/mol. The molecule has 0 aromatic carbocycles. The number of nitrogens with two attached hydrogens (primary N) is 1. The lowest BCUT2D eigenvalue weighted by Crippen LogP contribution is -2.35. The largest absolute Gasteiger partial charge is 0.353 e. The summed E-state index contributed by atoms with van der Waals surface area (Å²) < 4.78 is 0. The van der Waals surface area contributed by atoms with Crippen molar-refractivity contribution in [2.24, 2.45) is 17.6 Å². The van der Waals surface area contributed by atoms with Gasteiger partial charge in [-0.25, -0.2) is 0 Å². The predicted octanol–water partition coefficient (Wildman–Crippen LogP) is 2.61. The Morgan fingerprint density at radius 2 is 2.17 bits per heavy atom. The van der Waals surface area contributed by atoms with Gasteiger partial charge in [-0.3, -0.25) is 4.79 Å². The molecule has 1 rings (SSSR count). The van der Waals surface area contributed by atoms with E-state index in [0.717, 1.165) is 38.6 Å². The normalized spacial score (nSPS) is 21.0. The molecule has 1 aliphatic carbocycles. The van der Waals surface area contributed by atoms with Gasteiger partial charge in [-0.15, -0.1) is 0 Å². The third-order valence-electron chi connectivity index (χ3n) is 3.86. The van der Waals surface area contributed by atoms with Gasteiger partial charge in [-0.2, -0.15) is 0 Å². The van der Waals surface area contributed by atoms with Crippen LogP contribution in [0.5, 0.6) is 0 Å². The maximum absolute atomic E-state index is 11.9. The number of nitrogens with one attached hydrogen (secondary N) is 1. The van der Waals surface area contributed by atoms with Crippen LogP contribution in [0.2, 0.25) is 0 Å². The predicted molar refractivity (Wildman–Crippen MR) is 76.2 cm³/mol. The third-order valence-corrected chi connectivity index (χ3v) is 3.86. The van der Waals surface area contributed by atoms with Gasteiger partial charge in [0.1, 0.15) is 0 Å². The molecule has 0 saturated carbocycles. The first kappa shape index (κ1) is 15.2. The van der Waals surface area contributed by atoms with Crippen LogP contribution in [0.3, 0.4) is 0 Å². The lowest BCUT2D eigenvalue weighted by molar-refractivity contribution is -0.122. The number of hydrogen-bond donors (Lipinski definition) is 2. The highest BCUT2D eigenvalue weighted by atomic mass is 16.1. The van der Waals surface area contributed by atoms with E-state index in [1.54, 1.807) is 0 Å². The highest BCUT2D eigenvalue weighted by molar-refractivity contribution is 5.76. The molecule has 0 spiro atoms. The molecule has 2 unspecified atom stereocenters. The lowest BCUT2D eigenvalue weighted by Gasteiger charge is -2.22. The molecule has 0 radical (unpaired) electrons. The van der Waals surface area contributed by atoms with E-state index in [9.17, 15) is 4.79 Å². The van der Waals surface area contributed by atoms with Crippen molar-refractivity contribution in [1.82, 2.24) is 5.32 Å². The molecule has 1 amide bonds. The van der Waals surface area contributed by atoms with Crippen molar-refractivity contribution < 1.29 is 4.79 Å². The lowest BCUT2D eigenvalue weighted by atomic mass is 9.88. The first-order valence-electron chi connectivity index (χ1n) is 7.28. The summed E-state index contributed by atoms with van der Waals surface area (Å²) in [6, 6.07) is 0.356. The summed E-state index contributed by atoms with van der Waals surface area (Å²) in [4.78, 5) is 11.9. The van der Waals surface area contributed by atoms with Crippen molar-refractivity contribution in [3.05, 3.63) is 12.2 Å². The molecule has 0 aromatic heterocycles. The Kier molecular flexibility index (Phi) is 7.02. The zero-order valence-corrected chi connectivity index (χ0v) is 11.8. The number of rotatable bonds is 7. The van der Waals surface area contributed by atoms with Gasteiger partial charge in [-0.05, 0) is 50.5 Å². The van der Waals surface area contributed by atoms with Gasteiger partial charge in [0.05, 0.1) is 0 Å². The van der Waals surface area contributed by atoms with Gasteiger partial charge in [0.15, 0.2) is 0 Å². The second-order valence-electron chi connectivity index (χ2n) is 5.67. The number of amides is 1. The first-order valence-corrected chi connectivity index (χ1v) is 7.28. The Hall–Kier alpha value is -0.830. The Balaban J connectivity index is 2.24. The number of allylic oxidation sites excluding steroid dienone is 1. The topological polar surface area (TPSA) is 55.1 Å². The van der Waals surface area contributed by atoms with Crippen LogP contribution in [0.15, 0.2) is 12.2 Å². The average Bonchev–Trinajstić information content (AvgIpc) is 2.35. The first-order chi connectivity index (χ1) is 8.63. The maximum atomic E-state index is 11.9. The summed E-state index contributed by atoms with van der Waals surface area (Å²) >= 11 is 0. The quantitative estimate of drug-likeness (QED) is 0.684.